The number of carbonyl (C=O) groups excluding carboxylic acids is 3. The number of aliphatic carboxylic acids is 1. The van der Waals surface area contributed by atoms with Crippen molar-refractivity contribution >= 4 is 46.4 Å². The van der Waals surface area contributed by atoms with E-state index >= 15 is 0 Å². The monoisotopic (exact) mass is 516 g/mol. The fourth-order valence-corrected chi connectivity index (χ4v) is 5.89. The Morgan fingerprint density at radius 3 is 2.40 bits per heavy atom. The summed E-state index contributed by atoms with van der Waals surface area (Å²) in [5.74, 6) is -2.16. The Kier molecular flexibility index (Phi) is 9.22. The molecule has 2 aromatic rings. The number of hydrogen-bond acceptors (Lipinski definition) is 7. The van der Waals surface area contributed by atoms with Gasteiger partial charge in [-0.25, -0.2) is 4.79 Å². The summed E-state index contributed by atoms with van der Waals surface area (Å²) in [6, 6.07) is 13.5. The Labute approximate surface area is 212 Å². The molecular weight excluding hydrogens is 488 g/mol. The normalized spacial score (nSPS) is 19.1. The van der Waals surface area contributed by atoms with E-state index in [1.807, 2.05) is 6.07 Å². The van der Waals surface area contributed by atoms with Crippen LogP contribution in [-0.2, 0) is 25.6 Å². The smallest absolute Gasteiger partial charge is 0.326 e. The summed E-state index contributed by atoms with van der Waals surface area (Å²) in [6.07, 6.45) is 0.101. The highest BCUT2D eigenvalue weighted by Crippen LogP contribution is 2.45. The lowest BCUT2D eigenvalue weighted by atomic mass is 10.0. The maximum atomic E-state index is 13.5. The van der Waals surface area contributed by atoms with Crippen molar-refractivity contribution in [2.75, 3.05) is 11.5 Å². The van der Waals surface area contributed by atoms with Gasteiger partial charge in [0.2, 0.25) is 11.8 Å². The molecule has 0 aromatic heterocycles. The number of para-hydroxylation sites is 1. The third-order valence-electron chi connectivity index (χ3n) is 5.62. The molecule has 10 heteroatoms. The van der Waals surface area contributed by atoms with Crippen LogP contribution in [-0.4, -0.2) is 61.6 Å². The van der Waals surface area contributed by atoms with Gasteiger partial charge in [0.05, 0.1) is 0 Å². The zero-order valence-corrected chi connectivity index (χ0v) is 21.1. The highest BCUT2D eigenvalue weighted by Gasteiger charge is 2.45. The first-order valence-corrected chi connectivity index (χ1v) is 13.1. The fraction of sp³-hybridized carbons (Fsp3) is 0.360. The van der Waals surface area contributed by atoms with Crippen LogP contribution in [0.25, 0.3) is 0 Å². The Balaban J connectivity index is 1.85. The first-order valence-electron chi connectivity index (χ1n) is 11.1. The Bertz CT molecular complexity index is 1080. The summed E-state index contributed by atoms with van der Waals surface area (Å²) in [5.41, 5.74) is 1.25. The molecule has 1 aliphatic heterocycles. The molecule has 3 rings (SSSR count). The number of carboxylic acid groups (broad SMARTS) is 1. The standard InChI is InChI=1S/C25H28N2O6S2/c1-15(13-34-16(2)28)23(31)27-20(14-35-24(27)18-10-6-7-11-21(18)29)22(30)26-19(25(32)33)12-17-8-4-3-5-9-17/h3-11,15,19-20,24,29H,12-14H2,1-2H3,(H,26,30)(H,32,33)/t15-,19?,20+,24-/m1/s1. The summed E-state index contributed by atoms with van der Waals surface area (Å²) in [5, 5.41) is 22.0. The second-order valence-electron chi connectivity index (χ2n) is 8.30. The van der Waals surface area contributed by atoms with Crippen LogP contribution in [0.4, 0.5) is 0 Å². The van der Waals surface area contributed by atoms with E-state index in [-0.39, 0.29) is 34.7 Å². The molecule has 2 aromatic carbocycles. The van der Waals surface area contributed by atoms with Gasteiger partial charge in [0.25, 0.3) is 0 Å². The highest BCUT2D eigenvalue weighted by molar-refractivity contribution is 8.13. The number of phenolic OH excluding ortho intramolecular Hbond substituents is 1. The zero-order valence-electron chi connectivity index (χ0n) is 19.4. The van der Waals surface area contributed by atoms with E-state index in [0.29, 0.717) is 5.56 Å². The SMILES string of the molecule is CC(=O)SC[C@@H](C)C(=O)N1[C@@H](c2ccccc2O)SC[C@H]1C(=O)NC(Cc1ccccc1)C(=O)O. The van der Waals surface area contributed by atoms with Gasteiger partial charge in [-0.2, -0.15) is 0 Å². The minimum absolute atomic E-state index is 0.00196. The summed E-state index contributed by atoms with van der Waals surface area (Å²) in [6.45, 7) is 3.11. The second-order valence-corrected chi connectivity index (χ2v) is 10.6. The van der Waals surface area contributed by atoms with Crippen molar-refractivity contribution < 1.29 is 29.4 Å². The number of thioether (sulfide) groups is 2. The number of carbonyl (C=O) groups is 4. The summed E-state index contributed by atoms with van der Waals surface area (Å²) in [7, 11) is 0. The molecule has 4 atom stereocenters. The van der Waals surface area contributed by atoms with Crippen LogP contribution in [0.1, 0.15) is 30.3 Å². The second kappa shape index (κ2) is 12.1. The molecule has 0 radical (unpaired) electrons. The Morgan fingerprint density at radius 1 is 1.11 bits per heavy atom. The van der Waals surface area contributed by atoms with Crippen LogP contribution in [0, 0.1) is 5.92 Å². The molecule has 1 saturated heterocycles. The van der Waals surface area contributed by atoms with Gasteiger partial charge in [0, 0.05) is 36.3 Å². The number of nitrogens with one attached hydrogen (secondary N) is 1. The van der Waals surface area contributed by atoms with E-state index in [2.05, 4.69) is 5.32 Å². The molecule has 1 unspecified atom stereocenters. The largest absolute Gasteiger partial charge is 0.508 e. The van der Waals surface area contributed by atoms with E-state index in [1.165, 1.54) is 29.7 Å². The number of rotatable bonds is 9. The van der Waals surface area contributed by atoms with Crippen molar-refractivity contribution in [3.8, 4) is 5.75 Å². The quantitative estimate of drug-likeness (QED) is 0.465. The molecule has 0 spiro atoms. The molecule has 8 nitrogen and oxygen atoms in total. The van der Waals surface area contributed by atoms with Crippen molar-refractivity contribution in [3.05, 3.63) is 65.7 Å². The number of nitrogens with zero attached hydrogens (tertiary/aromatic N) is 1. The van der Waals surface area contributed by atoms with Crippen molar-refractivity contribution in [2.24, 2.45) is 5.92 Å². The third-order valence-corrected chi connectivity index (χ3v) is 7.99. The summed E-state index contributed by atoms with van der Waals surface area (Å²) in [4.78, 5) is 51.5. The van der Waals surface area contributed by atoms with Crippen molar-refractivity contribution in [1.29, 1.82) is 0 Å². The van der Waals surface area contributed by atoms with Crippen LogP contribution in [0.15, 0.2) is 54.6 Å². The maximum absolute atomic E-state index is 13.5. The van der Waals surface area contributed by atoms with Crippen molar-refractivity contribution in [2.45, 2.75) is 37.7 Å². The summed E-state index contributed by atoms with van der Waals surface area (Å²) < 4.78 is 0. The van der Waals surface area contributed by atoms with E-state index in [1.54, 1.807) is 49.4 Å². The van der Waals surface area contributed by atoms with Gasteiger partial charge in [-0.15, -0.1) is 11.8 Å². The number of hydrogen-bond donors (Lipinski definition) is 3. The average Bonchev–Trinajstić information content (AvgIpc) is 3.27. The van der Waals surface area contributed by atoms with E-state index in [9.17, 15) is 29.4 Å². The van der Waals surface area contributed by atoms with Crippen LogP contribution in [0.3, 0.4) is 0 Å². The van der Waals surface area contributed by atoms with Crippen LogP contribution in [0.2, 0.25) is 0 Å². The number of benzene rings is 2. The van der Waals surface area contributed by atoms with E-state index in [4.69, 9.17) is 0 Å². The molecule has 1 heterocycles. The van der Waals surface area contributed by atoms with E-state index in [0.717, 1.165) is 17.3 Å². The molecule has 35 heavy (non-hydrogen) atoms. The number of aromatic hydroxyl groups is 1. The predicted molar refractivity (Wildman–Crippen MR) is 136 cm³/mol. The molecule has 2 amide bonds. The minimum Gasteiger partial charge on any atom is -0.508 e. The van der Waals surface area contributed by atoms with Gasteiger partial charge in [-0.1, -0.05) is 67.2 Å². The van der Waals surface area contributed by atoms with Gasteiger partial charge in [-0.3, -0.25) is 14.4 Å². The zero-order chi connectivity index (χ0) is 25.5. The molecule has 0 aliphatic carbocycles. The van der Waals surface area contributed by atoms with Gasteiger partial charge < -0.3 is 20.4 Å². The van der Waals surface area contributed by atoms with Gasteiger partial charge in [0.15, 0.2) is 5.12 Å². The third kappa shape index (κ3) is 6.79. The van der Waals surface area contributed by atoms with Crippen LogP contribution < -0.4 is 5.32 Å². The van der Waals surface area contributed by atoms with E-state index < -0.39 is 35.3 Å². The average molecular weight is 517 g/mol. The topological polar surface area (TPSA) is 124 Å². The lowest BCUT2D eigenvalue weighted by Gasteiger charge is -2.32. The molecular formula is C25H28N2O6S2. The molecule has 0 bridgehead atoms. The van der Waals surface area contributed by atoms with Crippen LogP contribution in [0.5, 0.6) is 5.75 Å². The van der Waals surface area contributed by atoms with Gasteiger partial charge in [0.1, 0.15) is 23.2 Å². The van der Waals surface area contributed by atoms with Gasteiger partial charge >= 0.3 is 5.97 Å². The molecule has 1 aliphatic rings. The Hall–Kier alpha value is -2.98. The number of carboxylic acids is 1. The first kappa shape index (κ1) is 26.6. The first-order chi connectivity index (χ1) is 16.7. The molecule has 186 valence electrons. The van der Waals surface area contributed by atoms with Crippen LogP contribution >= 0.6 is 23.5 Å². The predicted octanol–water partition coefficient (Wildman–Crippen LogP) is 3.06. The molecule has 1 fully saturated rings. The molecule has 0 saturated carbocycles. The lowest BCUT2D eigenvalue weighted by Crippen LogP contribution is -2.53. The fourth-order valence-electron chi connectivity index (χ4n) is 3.80. The Morgan fingerprint density at radius 2 is 1.77 bits per heavy atom. The number of amides is 2. The molecule has 3 N–H and O–H groups in total. The van der Waals surface area contributed by atoms with Crippen molar-refractivity contribution in [1.82, 2.24) is 10.2 Å². The maximum Gasteiger partial charge on any atom is 0.326 e. The van der Waals surface area contributed by atoms with Gasteiger partial charge in [-0.05, 0) is 11.6 Å². The summed E-state index contributed by atoms with van der Waals surface area (Å²) >= 11 is 2.36. The minimum atomic E-state index is -1.17. The lowest BCUT2D eigenvalue weighted by molar-refractivity contribution is -0.145. The number of phenols is 1. The van der Waals surface area contributed by atoms with Crippen molar-refractivity contribution in [3.63, 3.8) is 0 Å². The highest BCUT2D eigenvalue weighted by atomic mass is 32.2.